The van der Waals surface area contributed by atoms with E-state index < -0.39 is 0 Å². The molecule has 14 heavy (non-hydrogen) atoms. The van der Waals surface area contributed by atoms with Crippen molar-refractivity contribution in [3.63, 3.8) is 0 Å². The lowest BCUT2D eigenvalue weighted by molar-refractivity contribution is 0.112. The Morgan fingerprint density at radius 1 is 1.43 bits per heavy atom. The van der Waals surface area contributed by atoms with Crippen LogP contribution in [0.3, 0.4) is 0 Å². The standard InChI is InChI=1S/C11H8N2O/c12-4-6-13-5-3-10-2-1-9(8-14)7-11(10)13/h1-3,5,7-8H,6H2. The molecule has 2 aromatic rings. The van der Waals surface area contributed by atoms with Gasteiger partial charge in [-0.05, 0) is 17.5 Å². The van der Waals surface area contributed by atoms with Gasteiger partial charge >= 0.3 is 0 Å². The maximum absolute atomic E-state index is 10.6. The van der Waals surface area contributed by atoms with Gasteiger partial charge in [0.15, 0.2) is 0 Å². The quantitative estimate of drug-likeness (QED) is 0.670. The Labute approximate surface area is 81.2 Å². The van der Waals surface area contributed by atoms with Gasteiger partial charge in [-0.1, -0.05) is 12.1 Å². The third kappa shape index (κ3) is 1.27. The smallest absolute Gasteiger partial charge is 0.150 e. The maximum atomic E-state index is 10.6. The summed E-state index contributed by atoms with van der Waals surface area (Å²) in [5.41, 5.74) is 1.56. The number of aldehydes is 1. The topological polar surface area (TPSA) is 45.8 Å². The SMILES string of the molecule is N#CCn1ccc2ccc(C=O)cc21. The van der Waals surface area contributed by atoms with Crippen LogP contribution in [0.4, 0.5) is 0 Å². The molecule has 3 heteroatoms. The molecule has 1 aromatic heterocycles. The first kappa shape index (κ1) is 8.52. The zero-order chi connectivity index (χ0) is 9.97. The van der Waals surface area contributed by atoms with Crippen LogP contribution < -0.4 is 0 Å². The molecular formula is C11H8N2O. The third-order valence-electron chi connectivity index (χ3n) is 2.18. The summed E-state index contributed by atoms with van der Waals surface area (Å²) in [4.78, 5) is 10.6. The minimum Gasteiger partial charge on any atom is -0.334 e. The molecule has 0 amide bonds. The molecule has 0 spiro atoms. The van der Waals surface area contributed by atoms with E-state index in [4.69, 9.17) is 5.26 Å². The Balaban J connectivity index is 2.64. The van der Waals surface area contributed by atoms with Gasteiger partial charge in [0.1, 0.15) is 12.8 Å². The number of benzene rings is 1. The van der Waals surface area contributed by atoms with Crippen LogP contribution in [0.15, 0.2) is 30.5 Å². The van der Waals surface area contributed by atoms with Gasteiger partial charge in [-0.25, -0.2) is 0 Å². The third-order valence-corrected chi connectivity index (χ3v) is 2.18. The highest BCUT2D eigenvalue weighted by atomic mass is 16.1. The van der Waals surface area contributed by atoms with Crippen LogP contribution in [-0.2, 0) is 6.54 Å². The molecule has 68 valence electrons. The molecule has 2 rings (SSSR count). The molecule has 0 saturated heterocycles. The van der Waals surface area contributed by atoms with Crippen molar-refractivity contribution in [1.29, 1.82) is 5.26 Å². The number of aromatic nitrogens is 1. The summed E-state index contributed by atoms with van der Waals surface area (Å²) >= 11 is 0. The van der Waals surface area contributed by atoms with E-state index in [9.17, 15) is 4.79 Å². The van der Waals surface area contributed by atoms with Crippen molar-refractivity contribution in [3.05, 3.63) is 36.0 Å². The molecule has 1 aromatic carbocycles. The van der Waals surface area contributed by atoms with Crippen LogP contribution in [0.2, 0.25) is 0 Å². The maximum Gasteiger partial charge on any atom is 0.150 e. The fraction of sp³-hybridized carbons (Fsp3) is 0.0909. The van der Waals surface area contributed by atoms with Gasteiger partial charge < -0.3 is 4.57 Å². The largest absolute Gasteiger partial charge is 0.334 e. The van der Waals surface area contributed by atoms with Gasteiger partial charge in [-0.3, -0.25) is 4.79 Å². The van der Waals surface area contributed by atoms with Crippen molar-refractivity contribution in [3.8, 4) is 6.07 Å². The first-order valence-electron chi connectivity index (χ1n) is 4.26. The molecule has 0 aliphatic heterocycles. The average molecular weight is 184 g/mol. The van der Waals surface area contributed by atoms with Crippen LogP contribution in [-0.4, -0.2) is 10.9 Å². The van der Waals surface area contributed by atoms with E-state index in [2.05, 4.69) is 6.07 Å². The van der Waals surface area contributed by atoms with Gasteiger partial charge in [0.2, 0.25) is 0 Å². The van der Waals surface area contributed by atoms with Gasteiger partial charge in [-0.15, -0.1) is 0 Å². The summed E-state index contributed by atoms with van der Waals surface area (Å²) in [5.74, 6) is 0. The number of hydrogen-bond acceptors (Lipinski definition) is 2. The lowest BCUT2D eigenvalue weighted by atomic mass is 10.2. The molecule has 0 unspecified atom stereocenters. The number of hydrogen-bond donors (Lipinski definition) is 0. The summed E-state index contributed by atoms with van der Waals surface area (Å²) in [6.07, 6.45) is 2.66. The highest BCUT2D eigenvalue weighted by Gasteiger charge is 2.00. The predicted molar refractivity (Wildman–Crippen MR) is 52.9 cm³/mol. The molecule has 0 radical (unpaired) electrons. The Kier molecular flexibility index (Phi) is 2.04. The summed E-state index contributed by atoms with van der Waals surface area (Å²) in [6, 6.07) is 9.45. The monoisotopic (exact) mass is 184 g/mol. The van der Waals surface area contributed by atoms with Crippen LogP contribution in [0, 0.1) is 11.3 Å². The van der Waals surface area contributed by atoms with Crippen molar-refractivity contribution in [2.75, 3.05) is 0 Å². The summed E-state index contributed by atoms with van der Waals surface area (Å²) in [7, 11) is 0. The van der Waals surface area contributed by atoms with Gasteiger partial charge in [0, 0.05) is 17.3 Å². The normalized spacial score (nSPS) is 9.93. The fourth-order valence-corrected chi connectivity index (χ4v) is 1.49. The zero-order valence-electron chi connectivity index (χ0n) is 7.47. The summed E-state index contributed by atoms with van der Waals surface area (Å²) in [5, 5.41) is 9.63. The molecule has 0 aliphatic rings. The first-order chi connectivity index (χ1) is 6.85. The molecule has 0 atom stereocenters. The lowest BCUT2D eigenvalue weighted by Gasteiger charge is -1.98. The molecule has 0 aliphatic carbocycles. The van der Waals surface area contributed by atoms with Crippen molar-refractivity contribution in [2.24, 2.45) is 0 Å². The molecule has 0 N–H and O–H groups in total. The van der Waals surface area contributed by atoms with Crippen molar-refractivity contribution < 1.29 is 4.79 Å². The Bertz CT molecular complexity index is 520. The zero-order valence-corrected chi connectivity index (χ0v) is 7.47. The van der Waals surface area contributed by atoms with Crippen LogP contribution >= 0.6 is 0 Å². The number of nitriles is 1. The second-order valence-electron chi connectivity index (χ2n) is 3.04. The van der Waals surface area contributed by atoms with E-state index in [0.717, 1.165) is 17.2 Å². The number of rotatable bonds is 2. The van der Waals surface area contributed by atoms with Gasteiger partial charge in [0.25, 0.3) is 0 Å². The van der Waals surface area contributed by atoms with Crippen molar-refractivity contribution in [2.45, 2.75) is 6.54 Å². The fourth-order valence-electron chi connectivity index (χ4n) is 1.49. The van der Waals surface area contributed by atoms with E-state index in [1.54, 1.807) is 12.1 Å². The van der Waals surface area contributed by atoms with Crippen molar-refractivity contribution in [1.82, 2.24) is 4.57 Å². The van der Waals surface area contributed by atoms with E-state index in [1.807, 2.05) is 22.9 Å². The van der Waals surface area contributed by atoms with Crippen LogP contribution in [0.25, 0.3) is 10.9 Å². The minimum atomic E-state index is 0.311. The second kappa shape index (κ2) is 3.35. The van der Waals surface area contributed by atoms with E-state index in [0.29, 0.717) is 12.1 Å². The molecule has 3 nitrogen and oxygen atoms in total. The van der Waals surface area contributed by atoms with Crippen molar-refractivity contribution >= 4 is 17.2 Å². The molecule has 1 heterocycles. The Morgan fingerprint density at radius 3 is 3.00 bits per heavy atom. The lowest BCUT2D eigenvalue weighted by Crippen LogP contribution is -1.92. The van der Waals surface area contributed by atoms with Gasteiger partial charge in [-0.2, -0.15) is 5.26 Å². The summed E-state index contributed by atoms with van der Waals surface area (Å²) < 4.78 is 1.82. The number of fused-ring (bicyclic) bond motifs is 1. The number of nitrogens with zero attached hydrogens (tertiary/aromatic N) is 2. The van der Waals surface area contributed by atoms with Crippen LogP contribution in [0.5, 0.6) is 0 Å². The first-order valence-corrected chi connectivity index (χ1v) is 4.26. The average Bonchev–Trinajstić information content (AvgIpc) is 2.61. The highest BCUT2D eigenvalue weighted by molar-refractivity contribution is 5.87. The van der Waals surface area contributed by atoms with Crippen LogP contribution in [0.1, 0.15) is 10.4 Å². The van der Waals surface area contributed by atoms with E-state index >= 15 is 0 Å². The second-order valence-corrected chi connectivity index (χ2v) is 3.04. The Morgan fingerprint density at radius 2 is 2.29 bits per heavy atom. The Hall–Kier alpha value is -2.08. The highest BCUT2D eigenvalue weighted by Crippen LogP contribution is 2.16. The van der Waals surface area contributed by atoms with E-state index in [-0.39, 0.29) is 0 Å². The van der Waals surface area contributed by atoms with Gasteiger partial charge in [0.05, 0.1) is 6.07 Å². The predicted octanol–water partition coefficient (Wildman–Crippen LogP) is 1.98. The van der Waals surface area contributed by atoms with E-state index in [1.165, 1.54) is 0 Å². The molecule has 0 bridgehead atoms. The molecular weight excluding hydrogens is 176 g/mol. The molecule has 0 fully saturated rings. The summed E-state index contributed by atoms with van der Waals surface area (Å²) in [6.45, 7) is 0.311. The number of carbonyl (C=O) groups excluding carboxylic acids is 1. The number of carbonyl (C=O) groups is 1. The molecule has 0 saturated carbocycles. The minimum absolute atomic E-state index is 0.311.